The van der Waals surface area contributed by atoms with Gasteiger partial charge in [0, 0.05) is 38.1 Å². The molecule has 0 saturated carbocycles. The van der Waals surface area contributed by atoms with Gasteiger partial charge >= 0.3 is 0 Å². The van der Waals surface area contributed by atoms with Gasteiger partial charge in [-0.3, -0.25) is 9.59 Å². The van der Waals surface area contributed by atoms with Crippen LogP contribution in [-0.2, 0) is 19.6 Å². The number of rotatable bonds is 7. The molecule has 1 amide bonds. The molecule has 0 spiro atoms. The number of nitrogens with zero attached hydrogens (tertiary/aromatic N) is 4. The van der Waals surface area contributed by atoms with Crippen LogP contribution in [0.25, 0.3) is 0 Å². The second kappa shape index (κ2) is 8.24. The topological polar surface area (TPSA) is 81.8 Å². The molecule has 0 aliphatic rings. The van der Waals surface area contributed by atoms with Crippen molar-refractivity contribution in [3.05, 3.63) is 82.3 Å². The van der Waals surface area contributed by atoms with Crippen molar-refractivity contribution in [1.82, 2.24) is 24.6 Å². The zero-order chi connectivity index (χ0) is 18.4. The number of imidazole rings is 1. The largest absolute Gasteiger partial charge is 0.347 e. The lowest BCUT2D eigenvalue weighted by Gasteiger charge is -2.08. The molecule has 0 aliphatic carbocycles. The molecular formula is C19H21N5O2. The van der Waals surface area contributed by atoms with Crippen molar-refractivity contribution in [2.45, 2.75) is 33.0 Å². The second-order valence-electron chi connectivity index (χ2n) is 6.01. The van der Waals surface area contributed by atoms with E-state index in [1.54, 1.807) is 12.5 Å². The van der Waals surface area contributed by atoms with Crippen molar-refractivity contribution >= 4 is 5.91 Å². The average molecular weight is 351 g/mol. The Kier molecular flexibility index (Phi) is 5.58. The van der Waals surface area contributed by atoms with Gasteiger partial charge in [0.25, 0.3) is 11.5 Å². The molecule has 134 valence electrons. The Morgan fingerprint density at radius 1 is 1.12 bits per heavy atom. The predicted octanol–water partition coefficient (Wildman–Crippen LogP) is 1.83. The van der Waals surface area contributed by atoms with Gasteiger partial charge in [-0.2, -0.15) is 5.10 Å². The molecule has 3 rings (SSSR count). The van der Waals surface area contributed by atoms with Crippen molar-refractivity contribution in [2.24, 2.45) is 0 Å². The van der Waals surface area contributed by atoms with Crippen molar-refractivity contribution in [3.63, 3.8) is 0 Å². The number of hydrogen-bond donors (Lipinski definition) is 1. The van der Waals surface area contributed by atoms with Crippen LogP contribution in [0.2, 0.25) is 0 Å². The Labute approximate surface area is 151 Å². The highest BCUT2D eigenvalue weighted by molar-refractivity contribution is 5.91. The van der Waals surface area contributed by atoms with Crippen molar-refractivity contribution in [3.8, 4) is 0 Å². The van der Waals surface area contributed by atoms with E-state index in [9.17, 15) is 9.59 Å². The minimum Gasteiger partial charge on any atom is -0.347 e. The summed E-state index contributed by atoms with van der Waals surface area (Å²) in [7, 11) is 0. The summed E-state index contributed by atoms with van der Waals surface area (Å²) in [4.78, 5) is 28.0. The fraction of sp³-hybridized carbons (Fsp3) is 0.263. The summed E-state index contributed by atoms with van der Waals surface area (Å²) in [5.41, 5.74) is 2.20. The molecule has 1 aromatic carbocycles. The molecule has 1 N–H and O–H groups in total. The number of carbonyl (C=O) groups excluding carboxylic acids is 1. The Bertz CT molecular complexity index is 914. The molecule has 7 heteroatoms. The summed E-state index contributed by atoms with van der Waals surface area (Å²) < 4.78 is 3.31. The number of nitrogens with one attached hydrogen (secondary N) is 1. The number of benzene rings is 1. The third-order valence-electron chi connectivity index (χ3n) is 3.94. The summed E-state index contributed by atoms with van der Waals surface area (Å²) in [6.45, 7) is 3.62. The maximum atomic E-state index is 12.3. The van der Waals surface area contributed by atoms with Gasteiger partial charge in [0.15, 0.2) is 0 Å². The van der Waals surface area contributed by atoms with Crippen LogP contribution in [0.4, 0.5) is 0 Å². The maximum Gasteiger partial charge on any atom is 0.271 e. The van der Waals surface area contributed by atoms with Crippen LogP contribution in [0, 0.1) is 0 Å². The number of carbonyl (C=O) groups is 1. The molecule has 7 nitrogen and oxygen atoms in total. The van der Waals surface area contributed by atoms with Crippen LogP contribution in [0.5, 0.6) is 0 Å². The van der Waals surface area contributed by atoms with Gasteiger partial charge in [0.2, 0.25) is 0 Å². The fourth-order valence-corrected chi connectivity index (χ4v) is 2.57. The van der Waals surface area contributed by atoms with Crippen LogP contribution in [0.1, 0.15) is 35.0 Å². The van der Waals surface area contributed by atoms with E-state index in [1.807, 2.05) is 42.0 Å². The van der Waals surface area contributed by atoms with E-state index in [0.29, 0.717) is 13.1 Å². The molecule has 2 heterocycles. The number of aryl methyl sites for hydroxylation is 1. The lowest BCUT2D eigenvalue weighted by molar-refractivity contribution is 0.0943. The molecule has 0 saturated heterocycles. The Morgan fingerprint density at radius 3 is 2.58 bits per heavy atom. The fourth-order valence-electron chi connectivity index (χ4n) is 2.57. The smallest absolute Gasteiger partial charge is 0.271 e. The van der Waals surface area contributed by atoms with Crippen LogP contribution in [0.3, 0.4) is 0 Å². The maximum absolute atomic E-state index is 12.3. The molecule has 0 fully saturated rings. The first-order chi connectivity index (χ1) is 12.7. The van der Waals surface area contributed by atoms with Gasteiger partial charge in [-0.05, 0) is 23.6 Å². The molecule has 0 bridgehead atoms. The minimum absolute atomic E-state index is 0.197. The van der Waals surface area contributed by atoms with Crippen LogP contribution >= 0.6 is 0 Å². The Balaban J connectivity index is 1.59. The monoisotopic (exact) mass is 351 g/mol. The number of amides is 1. The lowest BCUT2D eigenvalue weighted by atomic mass is 10.1. The van der Waals surface area contributed by atoms with E-state index in [0.717, 1.165) is 24.1 Å². The van der Waals surface area contributed by atoms with E-state index in [4.69, 9.17) is 0 Å². The molecule has 3 aromatic rings. The first kappa shape index (κ1) is 17.6. The average Bonchev–Trinajstić information content (AvgIpc) is 3.16. The SMILES string of the molecule is CCCn1nc(C(=O)NCc2ccc(Cn3ccnc3)cc2)ccc1=O. The second-order valence-corrected chi connectivity index (χ2v) is 6.01. The summed E-state index contributed by atoms with van der Waals surface area (Å²) >= 11 is 0. The van der Waals surface area contributed by atoms with E-state index >= 15 is 0 Å². The summed E-state index contributed by atoms with van der Waals surface area (Å²) in [6, 6.07) is 10.9. The van der Waals surface area contributed by atoms with E-state index in [-0.39, 0.29) is 17.2 Å². The third-order valence-corrected chi connectivity index (χ3v) is 3.94. The lowest BCUT2D eigenvalue weighted by Crippen LogP contribution is -2.29. The van der Waals surface area contributed by atoms with Gasteiger partial charge < -0.3 is 9.88 Å². The highest BCUT2D eigenvalue weighted by Crippen LogP contribution is 2.06. The van der Waals surface area contributed by atoms with Gasteiger partial charge in [-0.1, -0.05) is 31.2 Å². The number of hydrogen-bond acceptors (Lipinski definition) is 4. The molecule has 0 atom stereocenters. The zero-order valence-corrected chi connectivity index (χ0v) is 14.6. The van der Waals surface area contributed by atoms with Gasteiger partial charge in [-0.25, -0.2) is 9.67 Å². The number of aromatic nitrogens is 4. The highest BCUT2D eigenvalue weighted by Gasteiger charge is 2.09. The highest BCUT2D eigenvalue weighted by atomic mass is 16.2. The molecular weight excluding hydrogens is 330 g/mol. The van der Waals surface area contributed by atoms with Crippen LogP contribution in [0.15, 0.2) is 59.9 Å². The Hall–Kier alpha value is -3.22. The summed E-state index contributed by atoms with van der Waals surface area (Å²) in [6.07, 6.45) is 6.23. The molecule has 26 heavy (non-hydrogen) atoms. The minimum atomic E-state index is -0.294. The van der Waals surface area contributed by atoms with Gasteiger partial charge in [-0.15, -0.1) is 0 Å². The molecule has 0 radical (unpaired) electrons. The Morgan fingerprint density at radius 2 is 1.88 bits per heavy atom. The van der Waals surface area contributed by atoms with Gasteiger partial charge in [0.05, 0.1) is 6.33 Å². The summed E-state index contributed by atoms with van der Waals surface area (Å²) in [5.74, 6) is -0.294. The van der Waals surface area contributed by atoms with E-state index in [2.05, 4.69) is 15.4 Å². The zero-order valence-electron chi connectivity index (χ0n) is 14.6. The van der Waals surface area contributed by atoms with Crippen molar-refractivity contribution < 1.29 is 4.79 Å². The summed E-state index contributed by atoms with van der Waals surface area (Å²) in [5, 5.41) is 6.95. The molecule has 2 aromatic heterocycles. The van der Waals surface area contributed by atoms with Crippen LogP contribution < -0.4 is 10.9 Å². The van der Waals surface area contributed by atoms with Gasteiger partial charge in [0.1, 0.15) is 5.69 Å². The van der Waals surface area contributed by atoms with E-state index < -0.39 is 0 Å². The quantitative estimate of drug-likeness (QED) is 0.704. The van der Waals surface area contributed by atoms with Crippen molar-refractivity contribution in [2.75, 3.05) is 0 Å². The van der Waals surface area contributed by atoms with Crippen molar-refractivity contribution in [1.29, 1.82) is 0 Å². The van der Waals surface area contributed by atoms with Crippen LogP contribution in [-0.4, -0.2) is 25.2 Å². The van der Waals surface area contributed by atoms with E-state index in [1.165, 1.54) is 16.8 Å². The first-order valence-electron chi connectivity index (χ1n) is 8.55. The first-order valence-corrected chi connectivity index (χ1v) is 8.55. The molecule has 0 aliphatic heterocycles. The standard InChI is InChI=1S/C19H21N5O2/c1-2-10-24-18(25)8-7-17(22-24)19(26)21-12-15-3-5-16(6-4-15)13-23-11-9-20-14-23/h3-9,11,14H,2,10,12-13H2,1H3,(H,21,26). The predicted molar refractivity (Wildman–Crippen MR) is 97.7 cm³/mol. The normalized spacial score (nSPS) is 10.7. The molecule has 0 unspecified atom stereocenters. The third kappa shape index (κ3) is 4.44.